The van der Waals surface area contributed by atoms with Gasteiger partial charge in [0.05, 0.1) is 5.92 Å². The summed E-state index contributed by atoms with van der Waals surface area (Å²) in [6, 6.07) is 2.03. The fraction of sp³-hybridized carbons (Fsp3) is 0.667. The Morgan fingerprint density at radius 2 is 1.93 bits per heavy atom. The first-order chi connectivity index (χ1) is 12.5. The number of anilines is 1. The molecule has 0 spiro atoms. The molecule has 1 saturated carbocycles. The number of hydrogen-bond acceptors (Lipinski definition) is 6. The molecule has 28 heavy (non-hydrogen) atoms. The van der Waals surface area contributed by atoms with E-state index in [9.17, 15) is 4.79 Å². The van der Waals surface area contributed by atoms with Crippen LogP contribution >= 0.6 is 24.8 Å². The number of aromatic nitrogens is 4. The zero-order valence-corrected chi connectivity index (χ0v) is 18.0. The van der Waals surface area contributed by atoms with E-state index in [1.165, 1.54) is 6.33 Å². The van der Waals surface area contributed by atoms with E-state index in [1.807, 2.05) is 24.8 Å². The predicted molar refractivity (Wildman–Crippen MR) is 113 cm³/mol. The first kappa shape index (κ1) is 22.6. The maximum absolute atomic E-state index is 13.0. The van der Waals surface area contributed by atoms with Crippen molar-refractivity contribution < 1.29 is 4.79 Å². The Kier molecular flexibility index (Phi) is 7.12. The third kappa shape index (κ3) is 4.18. The highest BCUT2D eigenvalue weighted by Gasteiger charge is 2.40. The van der Waals surface area contributed by atoms with Crippen LogP contribution in [0.1, 0.15) is 38.3 Å². The molecule has 8 nitrogen and oxygen atoms in total. The molecule has 1 amide bonds. The van der Waals surface area contributed by atoms with E-state index in [4.69, 9.17) is 5.73 Å². The van der Waals surface area contributed by atoms with Crippen LogP contribution in [0, 0.1) is 12.8 Å². The van der Waals surface area contributed by atoms with Gasteiger partial charge in [-0.2, -0.15) is 14.6 Å². The number of aryl methyl sites for hydroxylation is 1. The van der Waals surface area contributed by atoms with Gasteiger partial charge in [-0.05, 0) is 26.7 Å². The van der Waals surface area contributed by atoms with Gasteiger partial charge < -0.3 is 15.5 Å². The van der Waals surface area contributed by atoms with Crippen LogP contribution in [-0.2, 0) is 4.79 Å². The summed E-state index contributed by atoms with van der Waals surface area (Å²) in [4.78, 5) is 25.9. The minimum Gasteiger partial charge on any atom is -0.353 e. The number of nitrogens with zero attached hydrogens (tertiary/aromatic N) is 6. The highest BCUT2D eigenvalue weighted by atomic mass is 35.5. The van der Waals surface area contributed by atoms with Gasteiger partial charge in [-0.25, -0.2) is 4.98 Å². The van der Waals surface area contributed by atoms with E-state index in [0.29, 0.717) is 18.9 Å². The van der Waals surface area contributed by atoms with E-state index < -0.39 is 0 Å². The molecule has 2 aromatic rings. The van der Waals surface area contributed by atoms with Crippen LogP contribution in [0.2, 0.25) is 0 Å². The van der Waals surface area contributed by atoms with Crippen molar-refractivity contribution in [2.45, 2.75) is 45.1 Å². The zero-order chi connectivity index (χ0) is 18.3. The lowest BCUT2D eigenvalue weighted by molar-refractivity contribution is -0.139. The van der Waals surface area contributed by atoms with Gasteiger partial charge >= 0.3 is 0 Å². The molecule has 2 N–H and O–H groups in total. The number of fused-ring (bicyclic) bond motifs is 1. The second kappa shape index (κ2) is 8.80. The summed E-state index contributed by atoms with van der Waals surface area (Å²) in [7, 11) is 0. The average Bonchev–Trinajstić information content (AvgIpc) is 3.08. The fourth-order valence-electron chi connectivity index (χ4n) is 4.28. The van der Waals surface area contributed by atoms with Crippen molar-refractivity contribution in [3.8, 4) is 0 Å². The van der Waals surface area contributed by atoms with Crippen molar-refractivity contribution in [1.29, 1.82) is 0 Å². The molecule has 2 aromatic heterocycles. The molecule has 0 aromatic carbocycles. The Morgan fingerprint density at radius 1 is 1.21 bits per heavy atom. The molecule has 3 heterocycles. The molecule has 1 saturated heterocycles. The molecule has 2 fully saturated rings. The van der Waals surface area contributed by atoms with Gasteiger partial charge in [-0.1, -0.05) is 12.8 Å². The molecular formula is C18H29Cl2N7O. The number of halogens is 2. The largest absolute Gasteiger partial charge is 0.353 e. The Labute approximate surface area is 177 Å². The second-order valence-corrected chi connectivity index (χ2v) is 7.84. The molecule has 0 radical (unpaired) electrons. The van der Waals surface area contributed by atoms with Gasteiger partial charge in [0, 0.05) is 43.5 Å². The van der Waals surface area contributed by atoms with Crippen LogP contribution in [0.4, 0.5) is 5.82 Å². The van der Waals surface area contributed by atoms with Crippen LogP contribution in [0.3, 0.4) is 0 Å². The lowest BCUT2D eigenvalue weighted by Crippen LogP contribution is -2.57. The number of piperazine rings is 1. The van der Waals surface area contributed by atoms with Crippen LogP contribution in [0.25, 0.3) is 5.78 Å². The summed E-state index contributed by atoms with van der Waals surface area (Å²) in [6.45, 7) is 6.97. The highest BCUT2D eigenvalue weighted by Crippen LogP contribution is 2.33. The van der Waals surface area contributed by atoms with E-state index in [2.05, 4.69) is 20.0 Å². The summed E-state index contributed by atoms with van der Waals surface area (Å²) in [5.41, 5.74) is 6.97. The number of hydrogen-bond donors (Lipinski definition) is 1. The minimum atomic E-state index is -0.373. The summed E-state index contributed by atoms with van der Waals surface area (Å²) in [5, 5.41) is 4.29. The van der Waals surface area contributed by atoms with E-state index in [1.54, 1.807) is 4.52 Å². The molecular weight excluding hydrogens is 401 g/mol. The number of carbonyl (C=O) groups excluding carboxylic acids is 1. The van der Waals surface area contributed by atoms with Crippen LogP contribution in [-0.4, -0.2) is 62.1 Å². The quantitative estimate of drug-likeness (QED) is 0.782. The third-order valence-electron chi connectivity index (χ3n) is 5.83. The smallest absolute Gasteiger partial charge is 0.254 e. The maximum Gasteiger partial charge on any atom is 0.254 e. The number of rotatable bonds is 2. The molecule has 0 bridgehead atoms. The van der Waals surface area contributed by atoms with Crippen LogP contribution in [0.15, 0.2) is 12.4 Å². The molecule has 156 valence electrons. The Balaban J connectivity index is 0.00000140. The number of amides is 1. The van der Waals surface area contributed by atoms with Gasteiger partial charge in [-0.15, -0.1) is 24.8 Å². The van der Waals surface area contributed by atoms with Gasteiger partial charge in [0.25, 0.3) is 5.78 Å². The van der Waals surface area contributed by atoms with Gasteiger partial charge in [0.2, 0.25) is 5.91 Å². The van der Waals surface area contributed by atoms with Crippen molar-refractivity contribution in [1.82, 2.24) is 24.5 Å². The first-order valence-electron chi connectivity index (χ1n) is 9.46. The zero-order valence-electron chi connectivity index (χ0n) is 16.4. The SMILES string of the molecule is Cc1cc(N2CCN(C(=O)C3CCCCC3(C)N)CC2)n2ncnc2n1.Cl.Cl. The van der Waals surface area contributed by atoms with E-state index >= 15 is 0 Å². The van der Waals surface area contributed by atoms with Crippen molar-refractivity contribution in [2.75, 3.05) is 31.1 Å². The van der Waals surface area contributed by atoms with Crippen LogP contribution < -0.4 is 10.6 Å². The summed E-state index contributed by atoms with van der Waals surface area (Å²) < 4.78 is 1.77. The molecule has 2 atom stereocenters. The Hall–Kier alpha value is -1.64. The predicted octanol–water partition coefficient (Wildman–Crippen LogP) is 1.83. The third-order valence-corrected chi connectivity index (χ3v) is 5.83. The summed E-state index contributed by atoms with van der Waals surface area (Å²) in [5.74, 6) is 1.78. The minimum absolute atomic E-state index is 0. The van der Waals surface area contributed by atoms with Gasteiger partial charge in [-0.3, -0.25) is 4.79 Å². The second-order valence-electron chi connectivity index (χ2n) is 7.84. The summed E-state index contributed by atoms with van der Waals surface area (Å²) in [6.07, 6.45) is 5.60. The number of nitrogens with two attached hydrogens (primary N) is 1. The van der Waals surface area contributed by atoms with Crippen molar-refractivity contribution in [3.05, 3.63) is 18.1 Å². The first-order valence-corrected chi connectivity index (χ1v) is 9.46. The molecule has 1 aliphatic heterocycles. The topological polar surface area (TPSA) is 92.7 Å². The summed E-state index contributed by atoms with van der Waals surface area (Å²) >= 11 is 0. The highest BCUT2D eigenvalue weighted by molar-refractivity contribution is 5.85. The van der Waals surface area contributed by atoms with Gasteiger partial charge in [0.1, 0.15) is 12.1 Å². The average molecular weight is 430 g/mol. The van der Waals surface area contributed by atoms with E-state index in [-0.39, 0.29) is 42.2 Å². The molecule has 1 aliphatic carbocycles. The molecule has 2 unspecified atom stereocenters. The van der Waals surface area contributed by atoms with Crippen molar-refractivity contribution >= 4 is 42.3 Å². The lowest BCUT2D eigenvalue weighted by atomic mass is 9.74. The van der Waals surface area contributed by atoms with Crippen molar-refractivity contribution in [2.24, 2.45) is 11.7 Å². The Bertz CT molecular complexity index is 817. The standard InChI is InChI=1S/C18H27N7O.2ClH/c1-13-11-15(25-17(22-13)20-12-21-25)23-7-9-24(10-8-23)16(26)14-5-3-4-6-18(14,2)19;;/h11-12,14H,3-10,19H2,1-2H3;2*1H. The normalized spacial score (nSPS) is 25.2. The van der Waals surface area contributed by atoms with Crippen molar-refractivity contribution in [3.63, 3.8) is 0 Å². The fourth-order valence-corrected chi connectivity index (χ4v) is 4.28. The van der Waals surface area contributed by atoms with Crippen LogP contribution in [0.5, 0.6) is 0 Å². The molecule has 4 rings (SSSR count). The van der Waals surface area contributed by atoms with Gasteiger partial charge in [0.15, 0.2) is 0 Å². The lowest BCUT2D eigenvalue weighted by Gasteiger charge is -2.42. The number of carbonyl (C=O) groups is 1. The monoisotopic (exact) mass is 429 g/mol. The maximum atomic E-state index is 13.0. The van der Waals surface area contributed by atoms with E-state index in [0.717, 1.165) is 50.3 Å². The molecule has 10 heteroatoms. The Morgan fingerprint density at radius 3 is 2.61 bits per heavy atom. The molecule has 2 aliphatic rings.